The summed E-state index contributed by atoms with van der Waals surface area (Å²) < 4.78 is 6.01. The molecule has 1 amide bonds. The quantitative estimate of drug-likeness (QED) is 0.619. The number of nitrogens with zero attached hydrogens (tertiary/aromatic N) is 1. The second-order valence-corrected chi connectivity index (χ2v) is 6.21. The molecule has 5 heteroatoms. The van der Waals surface area contributed by atoms with Gasteiger partial charge in [-0.05, 0) is 38.5 Å². The summed E-state index contributed by atoms with van der Waals surface area (Å²) in [6, 6.07) is 7.56. The maximum Gasteiger partial charge on any atom is 0.397 e. The Morgan fingerprint density at radius 2 is 1.74 bits per heavy atom. The van der Waals surface area contributed by atoms with Gasteiger partial charge < -0.3 is 9.64 Å². The summed E-state index contributed by atoms with van der Waals surface area (Å²) in [5.74, 6) is -1.47. The first-order chi connectivity index (χ1) is 8.69. The SMILES string of the molecule is CN(Cc1ccc(Br)cc1)C(=O)C(=O)OC(C)(C)C. The van der Waals surface area contributed by atoms with Gasteiger partial charge in [0.15, 0.2) is 0 Å². The Morgan fingerprint density at radius 1 is 1.21 bits per heavy atom. The minimum Gasteiger partial charge on any atom is -0.453 e. The van der Waals surface area contributed by atoms with Crippen LogP contribution in [0.2, 0.25) is 0 Å². The minimum atomic E-state index is -0.827. The number of carbonyl (C=O) groups excluding carboxylic acids is 2. The van der Waals surface area contributed by atoms with E-state index in [2.05, 4.69) is 15.9 Å². The highest BCUT2D eigenvalue weighted by molar-refractivity contribution is 9.10. The number of esters is 1. The van der Waals surface area contributed by atoms with Gasteiger partial charge in [0, 0.05) is 18.1 Å². The highest BCUT2D eigenvalue weighted by Crippen LogP contribution is 2.13. The average Bonchev–Trinajstić information content (AvgIpc) is 2.28. The van der Waals surface area contributed by atoms with Crippen LogP contribution in [0.4, 0.5) is 0 Å². The van der Waals surface area contributed by atoms with Crippen molar-refractivity contribution in [2.75, 3.05) is 7.05 Å². The molecule has 0 aliphatic rings. The number of hydrogen-bond acceptors (Lipinski definition) is 3. The number of likely N-dealkylation sites (N-methyl/N-ethyl adjacent to an activating group) is 1. The summed E-state index contributed by atoms with van der Waals surface area (Å²) in [7, 11) is 1.58. The molecule has 0 saturated heterocycles. The lowest BCUT2D eigenvalue weighted by Crippen LogP contribution is -2.37. The Bertz CT molecular complexity index is 463. The van der Waals surface area contributed by atoms with Crippen LogP contribution >= 0.6 is 15.9 Å². The molecular formula is C14H18BrNO3. The molecule has 0 atom stereocenters. The van der Waals surface area contributed by atoms with Crippen molar-refractivity contribution in [1.82, 2.24) is 4.90 Å². The van der Waals surface area contributed by atoms with Crippen LogP contribution in [-0.2, 0) is 20.9 Å². The molecule has 0 unspecified atom stereocenters. The van der Waals surface area contributed by atoms with E-state index in [0.717, 1.165) is 10.0 Å². The van der Waals surface area contributed by atoms with Gasteiger partial charge in [0.25, 0.3) is 0 Å². The van der Waals surface area contributed by atoms with E-state index in [9.17, 15) is 9.59 Å². The first-order valence-corrected chi connectivity index (χ1v) is 6.71. The number of ether oxygens (including phenoxy) is 1. The van der Waals surface area contributed by atoms with Crippen molar-refractivity contribution in [3.05, 3.63) is 34.3 Å². The van der Waals surface area contributed by atoms with E-state index in [4.69, 9.17) is 4.74 Å². The lowest BCUT2D eigenvalue weighted by molar-refractivity contribution is -0.167. The molecule has 0 radical (unpaired) electrons. The molecule has 0 aromatic heterocycles. The molecule has 0 fully saturated rings. The van der Waals surface area contributed by atoms with Gasteiger partial charge in [0.2, 0.25) is 0 Å². The van der Waals surface area contributed by atoms with E-state index in [-0.39, 0.29) is 0 Å². The van der Waals surface area contributed by atoms with Gasteiger partial charge in [-0.1, -0.05) is 28.1 Å². The van der Waals surface area contributed by atoms with Gasteiger partial charge in [-0.25, -0.2) is 4.79 Å². The first-order valence-electron chi connectivity index (χ1n) is 5.92. The Labute approximate surface area is 121 Å². The van der Waals surface area contributed by atoms with Crippen molar-refractivity contribution in [2.45, 2.75) is 32.9 Å². The summed E-state index contributed by atoms with van der Waals surface area (Å²) in [6.45, 7) is 5.55. The first kappa shape index (κ1) is 15.7. The van der Waals surface area contributed by atoms with Crippen molar-refractivity contribution in [2.24, 2.45) is 0 Å². The minimum absolute atomic E-state index is 0.366. The van der Waals surface area contributed by atoms with Gasteiger partial charge in [-0.3, -0.25) is 4.79 Å². The van der Waals surface area contributed by atoms with Crippen LogP contribution in [0.15, 0.2) is 28.7 Å². The van der Waals surface area contributed by atoms with Crippen molar-refractivity contribution in [3.8, 4) is 0 Å². The number of halogens is 1. The molecular weight excluding hydrogens is 310 g/mol. The van der Waals surface area contributed by atoms with Crippen molar-refractivity contribution >= 4 is 27.8 Å². The van der Waals surface area contributed by atoms with Crippen molar-refractivity contribution in [3.63, 3.8) is 0 Å². The molecule has 0 N–H and O–H groups in total. The largest absolute Gasteiger partial charge is 0.453 e. The maximum absolute atomic E-state index is 11.8. The second kappa shape index (κ2) is 6.19. The van der Waals surface area contributed by atoms with Crippen LogP contribution in [0.5, 0.6) is 0 Å². The Kier molecular flexibility index (Phi) is 5.11. The van der Waals surface area contributed by atoms with Gasteiger partial charge >= 0.3 is 11.9 Å². The van der Waals surface area contributed by atoms with E-state index in [0.29, 0.717) is 6.54 Å². The third kappa shape index (κ3) is 5.42. The smallest absolute Gasteiger partial charge is 0.397 e. The van der Waals surface area contributed by atoms with E-state index < -0.39 is 17.5 Å². The monoisotopic (exact) mass is 327 g/mol. The lowest BCUT2D eigenvalue weighted by atomic mass is 10.2. The molecule has 1 aromatic rings. The third-order valence-corrected chi connectivity index (χ3v) is 2.78. The number of carbonyl (C=O) groups is 2. The highest BCUT2D eigenvalue weighted by Gasteiger charge is 2.25. The van der Waals surface area contributed by atoms with E-state index in [1.165, 1.54) is 4.90 Å². The molecule has 0 saturated carbocycles. The summed E-state index contributed by atoms with van der Waals surface area (Å²) in [5.41, 5.74) is 0.285. The Hall–Kier alpha value is -1.36. The van der Waals surface area contributed by atoms with Gasteiger partial charge in [0.1, 0.15) is 5.60 Å². The van der Waals surface area contributed by atoms with Gasteiger partial charge in [-0.2, -0.15) is 0 Å². The molecule has 1 rings (SSSR count). The Balaban J connectivity index is 2.62. The fraction of sp³-hybridized carbons (Fsp3) is 0.429. The van der Waals surface area contributed by atoms with Gasteiger partial charge in [0.05, 0.1) is 0 Å². The third-order valence-electron chi connectivity index (χ3n) is 2.25. The number of benzene rings is 1. The van der Waals surface area contributed by atoms with E-state index in [1.807, 2.05) is 24.3 Å². The predicted molar refractivity (Wildman–Crippen MR) is 76.5 cm³/mol. The molecule has 0 aliphatic heterocycles. The maximum atomic E-state index is 11.8. The fourth-order valence-corrected chi connectivity index (χ4v) is 1.68. The lowest BCUT2D eigenvalue weighted by Gasteiger charge is -2.22. The normalized spacial score (nSPS) is 11.0. The van der Waals surface area contributed by atoms with Gasteiger partial charge in [-0.15, -0.1) is 0 Å². The highest BCUT2D eigenvalue weighted by atomic mass is 79.9. The number of rotatable bonds is 2. The summed E-state index contributed by atoms with van der Waals surface area (Å²) in [4.78, 5) is 24.8. The Morgan fingerprint density at radius 3 is 2.21 bits per heavy atom. The van der Waals surface area contributed by atoms with Crippen LogP contribution in [0.3, 0.4) is 0 Å². The summed E-state index contributed by atoms with van der Waals surface area (Å²) in [6.07, 6.45) is 0. The number of hydrogen-bond donors (Lipinski definition) is 0. The van der Waals surface area contributed by atoms with Crippen LogP contribution in [0.25, 0.3) is 0 Å². The van der Waals surface area contributed by atoms with Crippen LogP contribution in [0, 0.1) is 0 Å². The van der Waals surface area contributed by atoms with E-state index >= 15 is 0 Å². The van der Waals surface area contributed by atoms with Crippen LogP contribution in [0.1, 0.15) is 26.3 Å². The molecule has 0 aliphatic carbocycles. The zero-order valence-corrected chi connectivity index (χ0v) is 13.2. The molecule has 4 nitrogen and oxygen atoms in total. The number of amides is 1. The standard InChI is InChI=1S/C14H18BrNO3/c1-14(2,3)19-13(18)12(17)16(4)9-10-5-7-11(15)8-6-10/h5-8H,9H2,1-4H3. The average molecular weight is 328 g/mol. The summed E-state index contributed by atoms with van der Waals surface area (Å²) >= 11 is 3.34. The molecule has 0 heterocycles. The second-order valence-electron chi connectivity index (χ2n) is 5.29. The zero-order chi connectivity index (χ0) is 14.6. The van der Waals surface area contributed by atoms with Crippen molar-refractivity contribution in [1.29, 1.82) is 0 Å². The topological polar surface area (TPSA) is 46.6 Å². The molecule has 0 bridgehead atoms. The van der Waals surface area contributed by atoms with E-state index in [1.54, 1.807) is 27.8 Å². The zero-order valence-electron chi connectivity index (χ0n) is 11.6. The molecule has 19 heavy (non-hydrogen) atoms. The summed E-state index contributed by atoms with van der Waals surface area (Å²) in [5, 5.41) is 0. The molecule has 104 valence electrons. The molecule has 0 spiro atoms. The fourth-order valence-electron chi connectivity index (χ4n) is 1.41. The van der Waals surface area contributed by atoms with Crippen molar-refractivity contribution < 1.29 is 14.3 Å². The predicted octanol–water partition coefficient (Wildman–Crippen LogP) is 2.75. The molecule has 1 aromatic carbocycles. The van der Waals surface area contributed by atoms with Crippen LogP contribution in [-0.4, -0.2) is 29.4 Å². The van der Waals surface area contributed by atoms with Crippen LogP contribution < -0.4 is 0 Å².